The van der Waals surface area contributed by atoms with Crippen LogP contribution in [0, 0.1) is 0 Å². The number of benzene rings is 4. The third-order valence-electron chi connectivity index (χ3n) is 10.9. The Hall–Kier alpha value is -5.92. The van der Waals surface area contributed by atoms with Crippen LogP contribution in [0.5, 0.6) is 17.4 Å². The number of ether oxygens (including phenoxy) is 6. The lowest BCUT2D eigenvalue weighted by molar-refractivity contribution is -0.0948. The number of hydrogen-bond acceptors (Lipinski definition) is 10. The maximum atomic E-state index is 7.30. The molecule has 308 valence electrons. The van der Waals surface area contributed by atoms with Crippen molar-refractivity contribution in [3.8, 4) is 28.5 Å². The van der Waals surface area contributed by atoms with E-state index in [4.69, 9.17) is 33.4 Å². The molecule has 0 radical (unpaired) electrons. The summed E-state index contributed by atoms with van der Waals surface area (Å²) in [5.74, 6) is 1.98. The molecule has 0 amide bonds. The number of rotatable bonds is 17. The van der Waals surface area contributed by atoms with Crippen LogP contribution in [0.3, 0.4) is 0 Å². The number of aromatic nitrogens is 5. The molecule has 11 nitrogen and oxygen atoms in total. The quantitative estimate of drug-likeness (QED) is 0.0651. The maximum Gasteiger partial charge on any atom is 0.245 e. The second kappa shape index (κ2) is 18.1. The summed E-state index contributed by atoms with van der Waals surface area (Å²) in [6, 6.07) is 39.8. The molecular weight excluding hydrogens is 771 g/mol. The van der Waals surface area contributed by atoms with Crippen LogP contribution in [0.25, 0.3) is 22.3 Å². The minimum atomic E-state index is -1.32. The molecule has 1 aliphatic heterocycles. The number of hydrogen-bond donors (Lipinski definition) is 0. The van der Waals surface area contributed by atoms with Gasteiger partial charge in [0, 0.05) is 26.9 Å². The Morgan fingerprint density at radius 2 is 1.37 bits per heavy atom. The molecule has 0 bridgehead atoms. The summed E-state index contributed by atoms with van der Waals surface area (Å²) in [6.07, 6.45) is 6.16. The molecule has 4 heterocycles. The molecule has 7 aromatic rings. The van der Waals surface area contributed by atoms with Crippen LogP contribution in [0.4, 0.5) is 0 Å². The summed E-state index contributed by atoms with van der Waals surface area (Å²) in [7, 11) is 2.01. The van der Waals surface area contributed by atoms with Gasteiger partial charge in [-0.05, 0) is 75.8 Å². The number of nitrogens with zero attached hydrogens (tertiary/aromatic N) is 5. The fourth-order valence-corrected chi connectivity index (χ4v) is 8.34. The zero-order valence-corrected chi connectivity index (χ0v) is 35.7. The van der Waals surface area contributed by atoms with Crippen LogP contribution in [0.1, 0.15) is 34.9 Å². The molecule has 8 rings (SSSR count). The first-order valence-electron chi connectivity index (χ1n) is 20.3. The molecule has 1 aliphatic rings. The van der Waals surface area contributed by atoms with Gasteiger partial charge in [-0.25, -0.2) is 9.97 Å². The lowest BCUT2D eigenvalue weighted by Gasteiger charge is -2.37. The van der Waals surface area contributed by atoms with Gasteiger partial charge in [-0.2, -0.15) is 4.98 Å². The third kappa shape index (κ3) is 8.97. The van der Waals surface area contributed by atoms with Crippen molar-refractivity contribution in [3.05, 3.63) is 163 Å². The molecule has 1 fully saturated rings. The Labute approximate surface area is 352 Å². The Morgan fingerprint density at radius 1 is 0.733 bits per heavy atom. The van der Waals surface area contributed by atoms with E-state index in [9.17, 15) is 0 Å². The molecular formula is C48H51N5O6Si. The summed E-state index contributed by atoms with van der Waals surface area (Å²) in [6.45, 7) is 8.18. The highest BCUT2D eigenvalue weighted by Gasteiger charge is 2.43. The van der Waals surface area contributed by atoms with Crippen molar-refractivity contribution in [2.24, 2.45) is 0 Å². The highest BCUT2D eigenvalue weighted by atomic mass is 28.3. The van der Waals surface area contributed by atoms with Crippen molar-refractivity contribution in [1.29, 1.82) is 0 Å². The molecule has 0 saturated carbocycles. The van der Waals surface area contributed by atoms with Crippen molar-refractivity contribution in [1.82, 2.24) is 24.5 Å². The lowest BCUT2D eigenvalue weighted by Crippen LogP contribution is -2.35. The van der Waals surface area contributed by atoms with Gasteiger partial charge in [-0.3, -0.25) is 9.55 Å². The van der Waals surface area contributed by atoms with Crippen molar-refractivity contribution < 1.29 is 28.4 Å². The van der Waals surface area contributed by atoms with Gasteiger partial charge in [0.2, 0.25) is 5.88 Å². The first-order valence-corrected chi connectivity index (χ1v) is 24.0. The van der Waals surface area contributed by atoms with Crippen LogP contribution >= 0.6 is 0 Å². The van der Waals surface area contributed by atoms with E-state index in [1.54, 1.807) is 32.9 Å². The second-order valence-corrected chi connectivity index (χ2v) is 21.8. The fourth-order valence-electron chi connectivity index (χ4n) is 7.63. The smallest absolute Gasteiger partial charge is 0.245 e. The van der Waals surface area contributed by atoms with Crippen LogP contribution in [0.2, 0.25) is 25.7 Å². The molecule has 2 unspecified atom stereocenters. The van der Waals surface area contributed by atoms with Gasteiger partial charge < -0.3 is 28.4 Å². The monoisotopic (exact) mass is 821 g/mol. The number of pyridine rings is 1. The van der Waals surface area contributed by atoms with Crippen LogP contribution in [-0.2, 0) is 26.4 Å². The molecule has 0 aliphatic carbocycles. The van der Waals surface area contributed by atoms with Crippen molar-refractivity contribution in [3.63, 3.8) is 0 Å². The van der Waals surface area contributed by atoms with E-state index in [1.807, 2.05) is 59.2 Å². The molecule has 12 heteroatoms. The minimum absolute atomic E-state index is 0.247. The molecule has 0 N–H and O–H groups in total. The average molecular weight is 822 g/mol. The van der Waals surface area contributed by atoms with Crippen LogP contribution < -0.4 is 14.2 Å². The van der Waals surface area contributed by atoms with Crippen molar-refractivity contribution in [2.75, 3.05) is 27.4 Å². The molecule has 1 saturated heterocycles. The summed E-state index contributed by atoms with van der Waals surface area (Å²) in [4.78, 5) is 18.1. The van der Waals surface area contributed by atoms with Gasteiger partial charge >= 0.3 is 0 Å². The SMILES string of the molecule is COc1ccc(C(OCC2C[C@@H](OCc3ccc(-c4ccncc4)cc3)C(n3cnc4c(OCC[Si](C)(C)C)ncnc43)O2)(c2ccccc2)c2ccc(OC)cc2)cc1. The van der Waals surface area contributed by atoms with Gasteiger partial charge in [0.05, 0.1) is 46.5 Å². The summed E-state index contributed by atoms with van der Waals surface area (Å²) in [5.41, 5.74) is 6.31. The van der Waals surface area contributed by atoms with Gasteiger partial charge in [0.1, 0.15) is 29.5 Å². The first kappa shape index (κ1) is 40.8. The number of imidazole rings is 1. The maximum absolute atomic E-state index is 7.30. The Balaban J connectivity index is 1.11. The Kier molecular flexibility index (Phi) is 12.3. The van der Waals surface area contributed by atoms with Crippen LogP contribution in [0.15, 0.2) is 140 Å². The fraction of sp³-hybridized carbons (Fsp3) is 0.292. The van der Waals surface area contributed by atoms with E-state index in [1.165, 1.54) is 6.33 Å². The highest BCUT2D eigenvalue weighted by Crippen LogP contribution is 2.43. The first-order chi connectivity index (χ1) is 29.2. The van der Waals surface area contributed by atoms with Crippen LogP contribution in [-0.4, -0.2) is 72.2 Å². The third-order valence-corrected chi connectivity index (χ3v) is 12.6. The van der Waals surface area contributed by atoms with E-state index >= 15 is 0 Å². The predicted octanol–water partition coefficient (Wildman–Crippen LogP) is 9.50. The lowest BCUT2D eigenvalue weighted by atomic mass is 9.80. The standard InChI is InChI=1S/C48H51N5O6Si/c1-54-40-19-15-38(16-20-40)48(37-9-7-6-8-10-37,39-17-21-41(55-2)22-18-39)58-31-42-29-43(57-30-34-11-13-35(14-12-34)36-23-25-49-26-24-36)47(59-42)53-33-52-44-45(53)50-32-51-46(44)56-27-28-60(3,4)5/h6-26,32-33,42-43,47H,27-31H2,1-5H3/t42?,43-,47?/m1/s1. The summed E-state index contributed by atoms with van der Waals surface area (Å²) < 4.78 is 40.3. The molecule has 0 spiro atoms. The summed E-state index contributed by atoms with van der Waals surface area (Å²) in [5, 5.41) is 0. The average Bonchev–Trinajstić information content (AvgIpc) is 3.91. The highest BCUT2D eigenvalue weighted by molar-refractivity contribution is 6.76. The van der Waals surface area contributed by atoms with E-state index < -0.39 is 19.9 Å². The van der Waals surface area contributed by atoms with Crippen molar-refractivity contribution >= 4 is 19.2 Å². The Bertz CT molecular complexity index is 2400. The van der Waals surface area contributed by atoms with Gasteiger partial charge in [0.25, 0.3) is 0 Å². The van der Waals surface area contributed by atoms with Gasteiger partial charge in [-0.1, -0.05) is 98.5 Å². The zero-order chi connectivity index (χ0) is 41.5. The topological polar surface area (TPSA) is 112 Å². The van der Waals surface area contributed by atoms with Crippen molar-refractivity contribution in [2.45, 2.75) is 62.7 Å². The zero-order valence-electron chi connectivity index (χ0n) is 34.7. The minimum Gasteiger partial charge on any atom is -0.497 e. The predicted molar refractivity (Wildman–Crippen MR) is 234 cm³/mol. The van der Waals surface area contributed by atoms with E-state index in [-0.39, 0.29) is 18.8 Å². The molecule has 4 aromatic carbocycles. The molecule has 60 heavy (non-hydrogen) atoms. The number of fused-ring (bicyclic) bond motifs is 1. The van der Waals surface area contributed by atoms with Gasteiger partial charge in [-0.15, -0.1) is 0 Å². The Morgan fingerprint density at radius 3 is 2.00 bits per heavy atom. The van der Waals surface area contributed by atoms with E-state index in [2.05, 4.69) is 95.3 Å². The van der Waals surface area contributed by atoms with E-state index in [0.29, 0.717) is 36.7 Å². The second-order valence-electron chi connectivity index (χ2n) is 16.1. The number of methoxy groups -OCH3 is 2. The van der Waals surface area contributed by atoms with Gasteiger partial charge in [0.15, 0.2) is 17.4 Å². The largest absolute Gasteiger partial charge is 0.497 e. The molecule has 3 aromatic heterocycles. The normalized spacial score (nSPS) is 16.9. The summed E-state index contributed by atoms with van der Waals surface area (Å²) >= 11 is 0. The molecule has 3 atom stereocenters. The van der Waals surface area contributed by atoms with E-state index in [0.717, 1.165) is 50.9 Å².